The van der Waals surface area contributed by atoms with Gasteiger partial charge in [-0.25, -0.2) is 4.98 Å². The number of thiazole rings is 1. The summed E-state index contributed by atoms with van der Waals surface area (Å²) < 4.78 is 12.5. The van der Waals surface area contributed by atoms with Crippen molar-refractivity contribution in [3.63, 3.8) is 0 Å². The molecule has 0 atom stereocenters. The zero-order chi connectivity index (χ0) is 24.8. The number of nitrogens with one attached hydrogen (secondary N) is 1. The van der Waals surface area contributed by atoms with Crippen LogP contribution in [0.5, 0.6) is 11.5 Å². The molecule has 4 rings (SSSR count). The highest BCUT2D eigenvalue weighted by molar-refractivity contribution is 7.98. The van der Waals surface area contributed by atoms with Crippen LogP contribution in [0, 0.1) is 6.92 Å². The van der Waals surface area contributed by atoms with E-state index in [1.54, 1.807) is 19.6 Å². The van der Waals surface area contributed by atoms with Crippen molar-refractivity contribution in [3.8, 4) is 17.2 Å². The summed E-state index contributed by atoms with van der Waals surface area (Å²) in [6.07, 6.45) is 0.664. The molecule has 0 saturated carbocycles. The first-order chi connectivity index (χ1) is 17.0. The minimum absolute atomic E-state index is 0.198. The quantitative estimate of drug-likeness (QED) is 0.290. The summed E-state index contributed by atoms with van der Waals surface area (Å²) in [7, 11) is 3.20. The molecule has 2 aromatic carbocycles. The Hall–Kier alpha value is -3.08. The van der Waals surface area contributed by atoms with Crippen LogP contribution in [0.4, 0.5) is 0 Å². The van der Waals surface area contributed by atoms with Crippen molar-refractivity contribution < 1.29 is 14.3 Å². The second kappa shape index (κ2) is 11.6. The third-order valence-electron chi connectivity index (χ3n) is 5.12. The number of amides is 1. The van der Waals surface area contributed by atoms with Crippen molar-refractivity contribution in [1.29, 1.82) is 0 Å². The Labute approximate surface area is 216 Å². The molecule has 1 amide bonds. The summed E-state index contributed by atoms with van der Waals surface area (Å²) in [5.41, 5.74) is 2.35. The van der Waals surface area contributed by atoms with E-state index in [9.17, 15) is 4.79 Å². The molecule has 0 bridgehead atoms. The standard InChI is InChI=1S/C24H24ClN5O3S2/c1-15-28-29-24(30(15)18-6-4-5-17(25)12-18)35-14-22-27-19(13-34-22)23(31)26-10-9-16-7-8-20(32-2)21(11-16)33-3/h4-8,11-13H,9-10,14H2,1-3H3,(H,26,31). The van der Waals surface area contributed by atoms with E-state index in [0.29, 0.717) is 40.9 Å². The molecule has 8 nitrogen and oxygen atoms in total. The van der Waals surface area contributed by atoms with Gasteiger partial charge in [0.1, 0.15) is 16.5 Å². The summed E-state index contributed by atoms with van der Waals surface area (Å²) >= 11 is 9.10. The number of thioether (sulfide) groups is 1. The lowest BCUT2D eigenvalue weighted by Gasteiger charge is -2.09. The molecule has 2 heterocycles. The lowest BCUT2D eigenvalue weighted by molar-refractivity contribution is 0.0949. The Kier molecular flexibility index (Phi) is 8.27. The number of halogens is 1. The number of aromatic nitrogens is 4. The maximum Gasteiger partial charge on any atom is 0.270 e. The van der Waals surface area contributed by atoms with E-state index in [2.05, 4.69) is 20.5 Å². The fourth-order valence-electron chi connectivity index (χ4n) is 3.40. The van der Waals surface area contributed by atoms with Gasteiger partial charge in [-0.2, -0.15) is 0 Å². The van der Waals surface area contributed by atoms with Gasteiger partial charge in [-0.3, -0.25) is 9.36 Å². The number of aryl methyl sites for hydroxylation is 1. The lowest BCUT2D eigenvalue weighted by Crippen LogP contribution is -2.26. The molecule has 11 heteroatoms. The molecule has 0 saturated heterocycles. The van der Waals surface area contributed by atoms with Gasteiger partial charge in [0, 0.05) is 16.9 Å². The fraction of sp³-hybridized carbons (Fsp3) is 0.250. The Morgan fingerprint density at radius 2 is 1.97 bits per heavy atom. The number of benzene rings is 2. The van der Waals surface area contributed by atoms with E-state index in [0.717, 1.165) is 27.2 Å². The molecular formula is C24H24ClN5O3S2. The van der Waals surface area contributed by atoms with Gasteiger partial charge in [0.25, 0.3) is 5.91 Å². The van der Waals surface area contributed by atoms with Crippen molar-refractivity contribution in [1.82, 2.24) is 25.1 Å². The first-order valence-corrected chi connectivity index (χ1v) is 13.0. The van der Waals surface area contributed by atoms with Crippen molar-refractivity contribution in [2.45, 2.75) is 24.3 Å². The molecule has 182 valence electrons. The smallest absolute Gasteiger partial charge is 0.270 e. The summed E-state index contributed by atoms with van der Waals surface area (Å²) in [5, 5.41) is 15.4. The molecule has 0 unspecified atom stereocenters. The SMILES string of the molecule is COc1ccc(CCNC(=O)c2csc(CSc3nnc(C)n3-c3cccc(Cl)c3)n2)cc1OC. The number of hydrogen-bond acceptors (Lipinski definition) is 8. The van der Waals surface area contributed by atoms with Crippen LogP contribution in [-0.4, -0.2) is 46.4 Å². The van der Waals surface area contributed by atoms with Gasteiger partial charge in [-0.15, -0.1) is 21.5 Å². The summed E-state index contributed by atoms with van der Waals surface area (Å²) in [5.74, 6) is 2.48. The summed E-state index contributed by atoms with van der Waals surface area (Å²) in [6.45, 7) is 2.38. The Morgan fingerprint density at radius 3 is 2.74 bits per heavy atom. The second-order valence-corrected chi connectivity index (χ2v) is 9.78. The van der Waals surface area contributed by atoms with Gasteiger partial charge in [0.15, 0.2) is 16.7 Å². The maximum atomic E-state index is 12.6. The van der Waals surface area contributed by atoms with E-state index in [4.69, 9.17) is 21.1 Å². The van der Waals surface area contributed by atoms with Crippen molar-refractivity contribution in [2.75, 3.05) is 20.8 Å². The van der Waals surface area contributed by atoms with Crippen LogP contribution in [-0.2, 0) is 12.2 Å². The Balaban J connectivity index is 1.33. The van der Waals surface area contributed by atoms with Crippen molar-refractivity contribution in [3.05, 3.63) is 75.0 Å². The molecule has 1 N–H and O–H groups in total. The number of carbonyl (C=O) groups is 1. The van der Waals surface area contributed by atoms with Gasteiger partial charge in [0.05, 0.1) is 25.7 Å². The average molecular weight is 530 g/mol. The van der Waals surface area contributed by atoms with Crippen molar-refractivity contribution in [2.24, 2.45) is 0 Å². The zero-order valence-corrected chi connectivity index (χ0v) is 21.8. The van der Waals surface area contributed by atoms with Crippen LogP contribution in [0.25, 0.3) is 5.69 Å². The van der Waals surface area contributed by atoms with E-state index < -0.39 is 0 Å². The predicted molar refractivity (Wildman–Crippen MR) is 138 cm³/mol. The van der Waals surface area contributed by atoms with E-state index >= 15 is 0 Å². The monoisotopic (exact) mass is 529 g/mol. The highest BCUT2D eigenvalue weighted by Crippen LogP contribution is 2.28. The number of methoxy groups -OCH3 is 2. The minimum atomic E-state index is -0.198. The molecular weight excluding hydrogens is 506 g/mol. The number of hydrogen-bond donors (Lipinski definition) is 1. The molecule has 0 aliphatic heterocycles. The van der Waals surface area contributed by atoms with Crippen molar-refractivity contribution >= 4 is 40.6 Å². The molecule has 0 aliphatic carbocycles. The van der Waals surface area contributed by atoms with Crippen LogP contribution in [0.1, 0.15) is 26.9 Å². The van der Waals surface area contributed by atoms with Gasteiger partial charge in [-0.1, -0.05) is 35.5 Å². The lowest BCUT2D eigenvalue weighted by atomic mass is 10.1. The molecule has 35 heavy (non-hydrogen) atoms. The molecule has 0 aliphatic rings. The molecule has 0 fully saturated rings. The summed E-state index contributed by atoms with van der Waals surface area (Å²) in [4.78, 5) is 17.1. The Morgan fingerprint density at radius 1 is 1.14 bits per heavy atom. The van der Waals surface area contributed by atoms with Gasteiger partial charge in [0.2, 0.25) is 0 Å². The maximum absolute atomic E-state index is 12.6. The van der Waals surface area contributed by atoms with Crippen LogP contribution in [0.2, 0.25) is 5.02 Å². The number of carbonyl (C=O) groups excluding carboxylic acids is 1. The number of rotatable bonds is 10. The average Bonchev–Trinajstić information content (AvgIpc) is 3.49. The van der Waals surface area contributed by atoms with E-state index in [1.165, 1.54) is 23.1 Å². The number of ether oxygens (including phenoxy) is 2. The van der Waals surface area contributed by atoms with E-state index in [1.807, 2.05) is 54.0 Å². The number of nitrogens with zero attached hydrogens (tertiary/aromatic N) is 4. The largest absolute Gasteiger partial charge is 0.493 e. The first-order valence-electron chi connectivity index (χ1n) is 10.7. The van der Waals surface area contributed by atoms with Gasteiger partial charge >= 0.3 is 0 Å². The highest BCUT2D eigenvalue weighted by Gasteiger charge is 2.15. The van der Waals surface area contributed by atoms with Crippen LogP contribution in [0.15, 0.2) is 53.0 Å². The third kappa shape index (κ3) is 6.14. The third-order valence-corrected chi connectivity index (χ3v) is 7.32. The second-order valence-electron chi connectivity index (χ2n) is 7.46. The van der Waals surface area contributed by atoms with E-state index in [-0.39, 0.29) is 5.91 Å². The van der Waals surface area contributed by atoms with Crippen LogP contribution >= 0.6 is 34.7 Å². The zero-order valence-electron chi connectivity index (χ0n) is 19.4. The fourth-order valence-corrected chi connectivity index (χ4v) is 5.38. The molecule has 0 spiro atoms. The van der Waals surface area contributed by atoms with Gasteiger partial charge < -0.3 is 14.8 Å². The molecule has 2 aromatic heterocycles. The Bertz CT molecular complexity index is 1320. The van der Waals surface area contributed by atoms with Crippen LogP contribution < -0.4 is 14.8 Å². The first kappa shape index (κ1) is 25.0. The summed E-state index contributed by atoms with van der Waals surface area (Å²) in [6, 6.07) is 13.3. The topological polar surface area (TPSA) is 91.2 Å². The highest BCUT2D eigenvalue weighted by atomic mass is 35.5. The molecule has 0 radical (unpaired) electrons. The minimum Gasteiger partial charge on any atom is -0.493 e. The molecule has 4 aromatic rings. The normalized spacial score (nSPS) is 10.9. The van der Waals surface area contributed by atoms with Crippen LogP contribution in [0.3, 0.4) is 0 Å². The predicted octanol–water partition coefficient (Wildman–Crippen LogP) is 4.97. The van der Waals surface area contributed by atoms with Gasteiger partial charge in [-0.05, 0) is 49.2 Å².